The van der Waals surface area contributed by atoms with Crippen molar-refractivity contribution >= 4 is 17.1 Å². The van der Waals surface area contributed by atoms with Crippen molar-refractivity contribution in [1.82, 2.24) is 0 Å². The second kappa shape index (κ2) is 15.1. The monoisotopic (exact) mass is 827 g/mol. The molecule has 4 saturated carbocycles. The summed E-state index contributed by atoms with van der Waals surface area (Å²) in [6.45, 7) is 9.43. The van der Waals surface area contributed by atoms with Gasteiger partial charge in [-0.1, -0.05) is 153 Å². The standard InChI is InChI=1S/C63H57N/c1-41-31-51(47-19-24-52(25-20-47)63-38-43-33-44(39-63)35-45(34-43)40-63)32-42(2)61(41)64(53-26-21-49(22-27-53)56-18-12-11-17-55(56)48-15-9-6-10-16-48)54-28-30-58-57-29-23-50(46-13-7-5-8-14-46)36-59(57)62(3,4)60(58)37-54/h5-32,36-37,43-45H,33-35,38-40H2,1-4H3. The zero-order valence-corrected chi connectivity index (χ0v) is 37.7. The Kier molecular flexibility index (Phi) is 9.24. The van der Waals surface area contributed by atoms with Crippen LogP contribution in [0.4, 0.5) is 17.1 Å². The minimum Gasteiger partial charge on any atom is -0.310 e. The summed E-state index contributed by atoms with van der Waals surface area (Å²) in [5, 5.41) is 0. The minimum atomic E-state index is -0.168. The van der Waals surface area contributed by atoms with E-state index in [2.05, 4.69) is 215 Å². The Labute approximate surface area is 380 Å². The highest BCUT2D eigenvalue weighted by Crippen LogP contribution is 2.61. The van der Waals surface area contributed by atoms with E-state index in [9.17, 15) is 0 Å². The van der Waals surface area contributed by atoms with Crippen molar-refractivity contribution in [1.29, 1.82) is 0 Å². The molecule has 8 aromatic carbocycles. The van der Waals surface area contributed by atoms with Gasteiger partial charge in [0.15, 0.2) is 0 Å². The van der Waals surface area contributed by atoms with Crippen molar-refractivity contribution in [3.8, 4) is 55.6 Å². The topological polar surface area (TPSA) is 3.24 Å². The molecule has 0 N–H and O–H groups in total. The van der Waals surface area contributed by atoms with Gasteiger partial charge in [0.25, 0.3) is 0 Å². The molecule has 0 heterocycles. The Morgan fingerprint density at radius 2 is 0.844 bits per heavy atom. The van der Waals surface area contributed by atoms with Gasteiger partial charge >= 0.3 is 0 Å². The third kappa shape index (κ3) is 6.50. The van der Waals surface area contributed by atoms with Gasteiger partial charge in [0.05, 0.1) is 5.69 Å². The summed E-state index contributed by atoms with van der Waals surface area (Å²) in [5.74, 6) is 2.85. The lowest BCUT2D eigenvalue weighted by Crippen LogP contribution is -2.48. The first-order valence-corrected chi connectivity index (χ1v) is 23.8. The summed E-state index contributed by atoms with van der Waals surface area (Å²) in [6, 6.07) is 68.6. The van der Waals surface area contributed by atoms with Crippen molar-refractivity contribution in [3.05, 3.63) is 210 Å². The summed E-state index contributed by atoms with van der Waals surface area (Å²) in [5.41, 5.74) is 23.5. The minimum absolute atomic E-state index is 0.168. The van der Waals surface area contributed by atoms with E-state index in [1.165, 1.54) is 128 Å². The molecule has 4 bridgehead atoms. The van der Waals surface area contributed by atoms with Gasteiger partial charge in [-0.05, 0) is 201 Å². The van der Waals surface area contributed by atoms with Crippen LogP contribution in [0.15, 0.2) is 182 Å². The summed E-state index contributed by atoms with van der Waals surface area (Å²) < 4.78 is 0. The Balaban J connectivity index is 0.939. The molecule has 0 aliphatic heterocycles. The van der Waals surface area contributed by atoms with Crippen LogP contribution in [0.25, 0.3) is 55.6 Å². The molecule has 0 unspecified atom stereocenters. The molecule has 1 nitrogen and oxygen atoms in total. The molecule has 1 heteroatoms. The van der Waals surface area contributed by atoms with Crippen LogP contribution in [0, 0.1) is 31.6 Å². The number of rotatable bonds is 8. The summed E-state index contributed by atoms with van der Waals surface area (Å²) in [4.78, 5) is 2.52. The van der Waals surface area contributed by atoms with Crippen LogP contribution in [-0.4, -0.2) is 0 Å². The summed E-state index contributed by atoms with van der Waals surface area (Å²) in [6.07, 6.45) is 8.67. The van der Waals surface area contributed by atoms with E-state index in [1.807, 2.05) is 0 Å². The van der Waals surface area contributed by atoms with Gasteiger partial charge < -0.3 is 4.90 Å². The summed E-state index contributed by atoms with van der Waals surface area (Å²) in [7, 11) is 0. The molecule has 0 saturated heterocycles. The van der Waals surface area contributed by atoms with Crippen LogP contribution in [0.2, 0.25) is 0 Å². The van der Waals surface area contributed by atoms with Gasteiger partial charge in [-0.15, -0.1) is 0 Å². The SMILES string of the molecule is Cc1cc(-c2ccc(C34CC5CC(CC(C5)C3)C4)cc2)cc(C)c1N(c1ccc(-c2ccccc2-c2ccccc2)cc1)c1ccc2c(c1)C(C)(C)c1cc(-c3ccccc3)ccc1-2. The highest BCUT2D eigenvalue weighted by molar-refractivity contribution is 5.90. The van der Waals surface area contributed by atoms with E-state index in [4.69, 9.17) is 0 Å². The predicted octanol–water partition coefficient (Wildman–Crippen LogP) is 17.2. The molecular weight excluding hydrogens is 771 g/mol. The average Bonchev–Trinajstić information content (AvgIpc) is 3.55. The fourth-order valence-electron chi connectivity index (χ4n) is 13.4. The van der Waals surface area contributed by atoms with Crippen molar-refractivity contribution in [3.63, 3.8) is 0 Å². The number of aryl methyl sites for hydroxylation is 2. The average molecular weight is 828 g/mol. The molecule has 13 rings (SSSR count). The third-order valence-electron chi connectivity index (χ3n) is 16.1. The van der Waals surface area contributed by atoms with E-state index in [1.54, 1.807) is 5.56 Å². The van der Waals surface area contributed by atoms with Crippen LogP contribution in [0.5, 0.6) is 0 Å². The molecule has 5 aliphatic rings. The zero-order valence-electron chi connectivity index (χ0n) is 37.7. The molecule has 64 heavy (non-hydrogen) atoms. The van der Waals surface area contributed by atoms with Crippen LogP contribution in [0.3, 0.4) is 0 Å². The maximum atomic E-state index is 2.52. The molecule has 314 valence electrons. The van der Waals surface area contributed by atoms with Gasteiger partial charge in [-0.2, -0.15) is 0 Å². The highest BCUT2D eigenvalue weighted by atomic mass is 15.1. The number of anilines is 3. The molecule has 5 aliphatic carbocycles. The lowest BCUT2D eigenvalue weighted by molar-refractivity contribution is -0.00518. The molecule has 0 amide bonds. The zero-order chi connectivity index (χ0) is 43.2. The van der Waals surface area contributed by atoms with Crippen molar-refractivity contribution in [2.24, 2.45) is 17.8 Å². The first-order chi connectivity index (χ1) is 31.2. The van der Waals surface area contributed by atoms with Crippen LogP contribution >= 0.6 is 0 Å². The number of fused-ring (bicyclic) bond motifs is 3. The molecular formula is C63H57N. The maximum Gasteiger partial charge on any atom is 0.0520 e. The van der Waals surface area contributed by atoms with Crippen molar-refractivity contribution in [2.45, 2.75) is 77.0 Å². The van der Waals surface area contributed by atoms with Gasteiger partial charge in [0.2, 0.25) is 0 Å². The number of hydrogen-bond donors (Lipinski definition) is 0. The number of benzene rings is 8. The first kappa shape index (κ1) is 39.2. The molecule has 0 radical (unpaired) electrons. The lowest BCUT2D eigenvalue weighted by atomic mass is 9.48. The first-order valence-electron chi connectivity index (χ1n) is 23.8. The Hall–Kier alpha value is -6.44. The van der Waals surface area contributed by atoms with Gasteiger partial charge in [0.1, 0.15) is 0 Å². The predicted molar refractivity (Wildman–Crippen MR) is 270 cm³/mol. The van der Waals surface area contributed by atoms with Gasteiger partial charge in [-0.25, -0.2) is 0 Å². The van der Waals surface area contributed by atoms with E-state index < -0.39 is 0 Å². The second-order valence-corrected chi connectivity index (χ2v) is 20.5. The fraction of sp³-hybridized carbons (Fsp3) is 0.238. The Morgan fingerprint density at radius 3 is 1.44 bits per heavy atom. The van der Waals surface area contributed by atoms with Gasteiger partial charge in [-0.3, -0.25) is 0 Å². The van der Waals surface area contributed by atoms with Crippen molar-refractivity contribution < 1.29 is 0 Å². The quantitative estimate of drug-likeness (QED) is 0.147. The maximum absolute atomic E-state index is 2.52. The molecule has 4 fully saturated rings. The van der Waals surface area contributed by atoms with Crippen LogP contribution < -0.4 is 4.90 Å². The number of hydrogen-bond acceptors (Lipinski definition) is 1. The van der Waals surface area contributed by atoms with Crippen LogP contribution in [0.1, 0.15) is 80.2 Å². The highest BCUT2D eigenvalue weighted by Gasteiger charge is 2.51. The smallest absolute Gasteiger partial charge is 0.0520 e. The normalized spacial score (nSPS) is 21.1. The largest absolute Gasteiger partial charge is 0.310 e. The Bertz CT molecular complexity index is 2990. The summed E-state index contributed by atoms with van der Waals surface area (Å²) >= 11 is 0. The second-order valence-electron chi connectivity index (χ2n) is 20.5. The fourth-order valence-corrected chi connectivity index (χ4v) is 13.4. The van der Waals surface area contributed by atoms with Crippen molar-refractivity contribution in [2.75, 3.05) is 4.90 Å². The molecule has 0 aromatic heterocycles. The van der Waals surface area contributed by atoms with Gasteiger partial charge in [0, 0.05) is 16.8 Å². The van der Waals surface area contributed by atoms with E-state index in [0.717, 1.165) is 23.4 Å². The van der Waals surface area contributed by atoms with Crippen LogP contribution in [-0.2, 0) is 10.8 Å². The lowest BCUT2D eigenvalue weighted by Gasteiger charge is -2.57. The van der Waals surface area contributed by atoms with E-state index >= 15 is 0 Å². The number of nitrogens with zero attached hydrogens (tertiary/aromatic N) is 1. The van der Waals surface area contributed by atoms with E-state index in [0.29, 0.717) is 5.41 Å². The molecule has 8 aromatic rings. The Morgan fingerprint density at radius 1 is 0.391 bits per heavy atom. The molecule has 0 atom stereocenters. The third-order valence-corrected chi connectivity index (χ3v) is 16.1. The molecule has 0 spiro atoms. The van der Waals surface area contributed by atoms with E-state index in [-0.39, 0.29) is 5.41 Å².